The number of nitrogens with zero attached hydrogens (tertiary/aromatic N) is 1. The normalized spacial score (nSPS) is 36.8. The summed E-state index contributed by atoms with van der Waals surface area (Å²) in [5.41, 5.74) is 0.977. The van der Waals surface area contributed by atoms with Crippen LogP contribution in [0.5, 0.6) is 0 Å². The predicted molar refractivity (Wildman–Crippen MR) is 85.4 cm³/mol. The summed E-state index contributed by atoms with van der Waals surface area (Å²) in [4.78, 5) is 0. The Labute approximate surface area is 134 Å². The number of nitriles is 1. The predicted octanol–water partition coefficient (Wildman–Crippen LogP) is 3.47. The first-order valence-electron chi connectivity index (χ1n) is 8.42. The molecule has 22 heavy (non-hydrogen) atoms. The molecule has 0 N–H and O–H groups in total. The molecule has 3 atom stereocenters. The Balaban J connectivity index is 1.96. The summed E-state index contributed by atoms with van der Waals surface area (Å²) in [6, 6.07) is 2.46. The second kappa shape index (κ2) is 8.67. The summed E-state index contributed by atoms with van der Waals surface area (Å²) in [5, 5.41) is 9.55. The Bertz CT molecular complexity index is 407. The fraction of sp³-hybridized carbons (Fsp3) is 0.833. The van der Waals surface area contributed by atoms with Crippen LogP contribution in [-0.2, 0) is 14.2 Å². The maximum atomic E-state index is 9.55. The molecule has 4 nitrogen and oxygen atoms in total. The molecule has 0 heterocycles. The minimum Gasteiger partial charge on any atom is -0.381 e. The molecule has 2 rings (SSSR count). The summed E-state index contributed by atoms with van der Waals surface area (Å²) in [6.45, 7) is 0. The van der Waals surface area contributed by atoms with Gasteiger partial charge in [0, 0.05) is 26.9 Å². The van der Waals surface area contributed by atoms with Crippen LogP contribution in [0.4, 0.5) is 0 Å². The van der Waals surface area contributed by atoms with Crippen molar-refractivity contribution >= 4 is 0 Å². The molecule has 0 amide bonds. The molecule has 2 fully saturated rings. The zero-order chi connectivity index (χ0) is 15.9. The fourth-order valence-corrected chi connectivity index (χ4v) is 3.93. The van der Waals surface area contributed by atoms with Gasteiger partial charge in [0.2, 0.25) is 0 Å². The zero-order valence-corrected chi connectivity index (χ0v) is 14.1. The topological polar surface area (TPSA) is 51.5 Å². The van der Waals surface area contributed by atoms with Crippen LogP contribution in [0.3, 0.4) is 0 Å². The number of ether oxygens (including phenoxy) is 3. The Kier molecular flexibility index (Phi) is 6.88. The second-order valence-electron chi connectivity index (χ2n) is 6.56. The van der Waals surface area contributed by atoms with Gasteiger partial charge in [0.25, 0.3) is 0 Å². The van der Waals surface area contributed by atoms with Crippen LogP contribution in [0.2, 0.25) is 0 Å². The maximum Gasteiger partial charge on any atom is 0.0946 e. The molecule has 0 aromatic rings. The van der Waals surface area contributed by atoms with Crippen LogP contribution in [-0.4, -0.2) is 39.6 Å². The van der Waals surface area contributed by atoms with Crippen molar-refractivity contribution in [3.8, 4) is 6.07 Å². The maximum absolute atomic E-state index is 9.55. The highest BCUT2D eigenvalue weighted by molar-refractivity contribution is 5.25. The third-order valence-corrected chi connectivity index (χ3v) is 5.37. The van der Waals surface area contributed by atoms with Gasteiger partial charge in [-0.25, -0.2) is 0 Å². The number of rotatable bonds is 5. The first-order valence-corrected chi connectivity index (χ1v) is 8.42. The van der Waals surface area contributed by atoms with Crippen LogP contribution < -0.4 is 0 Å². The average Bonchev–Trinajstić information content (AvgIpc) is 2.59. The smallest absolute Gasteiger partial charge is 0.0946 e. The minimum absolute atomic E-state index is 0.143. The molecule has 124 valence electrons. The SMILES string of the molecule is COC1CCC(/C(C#N)=C/C2CCC(OC)C(OC)C2)CC1. The Morgan fingerprint density at radius 3 is 2.14 bits per heavy atom. The summed E-state index contributed by atoms with van der Waals surface area (Å²) >= 11 is 0. The molecule has 0 aromatic carbocycles. The number of hydrogen-bond acceptors (Lipinski definition) is 4. The molecule has 0 bridgehead atoms. The molecule has 4 heteroatoms. The van der Waals surface area contributed by atoms with Crippen molar-refractivity contribution in [2.24, 2.45) is 11.8 Å². The highest BCUT2D eigenvalue weighted by Crippen LogP contribution is 2.34. The van der Waals surface area contributed by atoms with Gasteiger partial charge in [-0.2, -0.15) is 5.26 Å². The summed E-state index contributed by atoms with van der Waals surface area (Å²) < 4.78 is 16.5. The molecule has 0 saturated heterocycles. The van der Waals surface area contributed by atoms with E-state index in [9.17, 15) is 5.26 Å². The van der Waals surface area contributed by atoms with E-state index in [2.05, 4.69) is 12.1 Å². The summed E-state index contributed by atoms with van der Waals surface area (Å²) in [5.74, 6) is 0.851. The van der Waals surface area contributed by atoms with Crippen molar-refractivity contribution in [3.63, 3.8) is 0 Å². The molecule has 3 unspecified atom stereocenters. The van der Waals surface area contributed by atoms with Gasteiger partial charge in [-0.1, -0.05) is 6.08 Å². The number of allylic oxidation sites excluding steroid dienone is 2. The van der Waals surface area contributed by atoms with Gasteiger partial charge in [0.05, 0.1) is 24.4 Å². The second-order valence-corrected chi connectivity index (χ2v) is 6.56. The van der Waals surface area contributed by atoms with Crippen molar-refractivity contribution in [3.05, 3.63) is 11.6 Å². The minimum atomic E-state index is 0.143. The molecule has 0 aromatic heterocycles. The van der Waals surface area contributed by atoms with E-state index < -0.39 is 0 Å². The van der Waals surface area contributed by atoms with Crippen molar-refractivity contribution in [2.45, 2.75) is 63.3 Å². The quantitative estimate of drug-likeness (QED) is 0.730. The fourth-order valence-electron chi connectivity index (χ4n) is 3.93. The largest absolute Gasteiger partial charge is 0.381 e. The zero-order valence-electron chi connectivity index (χ0n) is 14.1. The number of hydrogen-bond donors (Lipinski definition) is 0. The van der Waals surface area contributed by atoms with E-state index in [-0.39, 0.29) is 12.2 Å². The van der Waals surface area contributed by atoms with E-state index in [0.717, 1.165) is 50.5 Å². The molecular weight excluding hydrogens is 278 g/mol. The van der Waals surface area contributed by atoms with Crippen molar-refractivity contribution in [1.29, 1.82) is 5.26 Å². The van der Waals surface area contributed by atoms with Crippen molar-refractivity contribution in [1.82, 2.24) is 0 Å². The lowest BCUT2D eigenvalue weighted by atomic mass is 9.79. The lowest BCUT2D eigenvalue weighted by molar-refractivity contribution is -0.0656. The van der Waals surface area contributed by atoms with Crippen LogP contribution in [0.1, 0.15) is 44.9 Å². The Morgan fingerprint density at radius 2 is 1.59 bits per heavy atom. The van der Waals surface area contributed by atoms with Crippen LogP contribution in [0.25, 0.3) is 0 Å². The van der Waals surface area contributed by atoms with E-state index >= 15 is 0 Å². The van der Waals surface area contributed by atoms with Gasteiger partial charge >= 0.3 is 0 Å². The first kappa shape index (κ1) is 17.5. The van der Waals surface area contributed by atoms with Crippen LogP contribution >= 0.6 is 0 Å². The van der Waals surface area contributed by atoms with E-state index in [1.165, 1.54) is 0 Å². The molecule has 0 spiro atoms. The highest BCUT2D eigenvalue weighted by Gasteiger charge is 2.31. The summed E-state index contributed by atoms with van der Waals surface area (Å²) in [6.07, 6.45) is 10.2. The van der Waals surface area contributed by atoms with Crippen molar-refractivity contribution in [2.75, 3.05) is 21.3 Å². The monoisotopic (exact) mass is 307 g/mol. The molecule has 2 saturated carbocycles. The molecular formula is C18H29NO3. The average molecular weight is 307 g/mol. The lowest BCUT2D eigenvalue weighted by Gasteiger charge is -2.34. The molecule has 2 aliphatic carbocycles. The van der Waals surface area contributed by atoms with Crippen LogP contribution in [0, 0.1) is 23.2 Å². The van der Waals surface area contributed by atoms with Gasteiger partial charge in [0.15, 0.2) is 0 Å². The van der Waals surface area contributed by atoms with Gasteiger partial charge in [-0.15, -0.1) is 0 Å². The number of methoxy groups -OCH3 is 3. The molecule has 0 radical (unpaired) electrons. The van der Waals surface area contributed by atoms with E-state index in [4.69, 9.17) is 14.2 Å². The third-order valence-electron chi connectivity index (χ3n) is 5.37. The summed E-state index contributed by atoms with van der Waals surface area (Å²) in [7, 11) is 5.28. The van der Waals surface area contributed by atoms with Crippen molar-refractivity contribution < 1.29 is 14.2 Å². The van der Waals surface area contributed by atoms with E-state index in [1.807, 2.05) is 0 Å². The Hall–Kier alpha value is -0.890. The van der Waals surface area contributed by atoms with Gasteiger partial charge < -0.3 is 14.2 Å². The van der Waals surface area contributed by atoms with E-state index in [0.29, 0.717) is 17.9 Å². The highest BCUT2D eigenvalue weighted by atomic mass is 16.5. The third kappa shape index (κ3) is 4.32. The van der Waals surface area contributed by atoms with Gasteiger partial charge in [-0.3, -0.25) is 0 Å². The van der Waals surface area contributed by atoms with Gasteiger partial charge in [0.1, 0.15) is 0 Å². The Morgan fingerprint density at radius 1 is 0.909 bits per heavy atom. The lowest BCUT2D eigenvalue weighted by Crippen LogP contribution is -2.36. The molecule has 0 aliphatic heterocycles. The first-order chi connectivity index (χ1) is 10.7. The molecule has 2 aliphatic rings. The van der Waals surface area contributed by atoms with E-state index in [1.54, 1.807) is 21.3 Å². The van der Waals surface area contributed by atoms with Crippen LogP contribution in [0.15, 0.2) is 11.6 Å². The standard InChI is InChI=1S/C18H29NO3/c1-20-16-7-5-14(6-8-16)15(12-19)10-13-4-9-17(21-2)18(11-13)22-3/h10,13-14,16-18H,4-9,11H2,1-3H3/b15-10+. The van der Waals surface area contributed by atoms with Gasteiger partial charge in [-0.05, 0) is 56.8 Å².